The molecule has 0 amide bonds. The van der Waals surface area contributed by atoms with Gasteiger partial charge in [-0.2, -0.15) is 4.98 Å². The number of hydrogen-bond donors (Lipinski definition) is 1. The Kier molecular flexibility index (Phi) is 4.27. The summed E-state index contributed by atoms with van der Waals surface area (Å²) in [5, 5.41) is 4.04. The van der Waals surface area contributed by atoms with E-state index in [1.54, 1.807) is 6.20 Å². The molecule has 5 nitrogen and oxygen atoms in total. The third-order valence-electron chi connectivity index (χ3n) is 3.51. The van der Waals surface area contributed by atoms with Crippen molar-refractivity contribution < 1.29 is 4.52 Å². The summed E-state index contributed by atoms with van der Waals surface area (Å²) in [6, 6.07) is 1.69. The molecule has 0 aliphatic rings. The van der Waals surface area contributed by atoms with Crippen LogP contribution >= 0.6 is 0 Å². The van der Waals surface area contributed by atoms with E-state index < -0.39 is 0 Å². The van der Waals surface area contributed by atoms with Crippen molar-refractivity contribution in [2.45, 2.75) is 39.7 Å². The lowest BCUT2D eigenvalue weighted by molar-refractivity contribution is 0.312. The third kappa shape index (κ3) is 2.81. The minimum atomic E-state index is -0.210. The van der Waals surface area contributed by atoms with Crippen LogP contribution in [0, 0.1) is 5.92 Å². The van der Waals surface area contributed by atoms with Crippen LogP contribution in [0.2, 0.25) is 0 Å². The average Bonchev–Trinajstić information content (AvgIpc) is 2.95. The first-order valence-corrected chi connectivity index (χ1v) is 6.69. The fourth-order valence-electron chi connectivity index (χ4n) is 1.90. The topological polar surface area (TPSA) is 77.8 Å². The monoisotopic (exact) mass is 260 g/mol. The molecular weight excluding hydrogens is 240 g/mol. The Morgan fingerprint density at radius 1 is 1.37 bits per heavy atom. The SMILES string of the molecule is CCc1cnccc1-c1noc(C(N)C(C)CC)n1. The molecule has 0 radical (unpaired) electrons. The van der Waals surface area contributed by atoms with E-state index in [0.717, 1.165) is 24.0 Å². The van der Waals surface area contributed by atoms with Gasteiger partial charge < -0.3 is 10.3 Å². The minimum Gasteiger partial charge on any atom is -0.337 e. The van der Waals surface area contributed by atoms with Crippen LogP contribution in [0.4, 0.5) is 0 Å². The molecule has 2 heterocycles. The zero-order chi connectivity index (χ0) is 13.8. The van der Waals surface area contributed by atoms with Crippen LogP contribution < -0.4 is 5.73 Å². The van der Waals surface area contributed by atoms with E-state index in [9.17, 15) is 0 Å². The lowest BCUT2D eigenvalue weighted by Crippen LogP contribution is -2.18. The Morgan fingerprint density at radius 2 is 2.16 bits per heavy atom. The van der Waals surface area contributed by atoms with Gasteiger partial charge in [0.15, 0.2) is 0 Å². The van der Waals surface area contributed by atoms with Crippen LogP contribution in [0.15, 0.2) is 23.0 Å². The lowest BCUT2D eigenvalue weighted by atomic mass is 10.0. The standard InChI is InChI=1S/C14H20N4O/c1-4-9(3)12(15)14-17-13(18-19-14)11-6-7-16-8-10(11)5-2/h6-9,12H,4-5,15H2,1-3H3. The van der Waals surface area contributed by atoms with Gasteiger partial charge in [-0.15, -0.1) is 0 Å². The second-order valence-electron chi connectivity index (χ2n) is 4.75. The van der Waals surface area contributed by atoms with Crippen LogP contribution in [0.3, 0.4) is 0 Å². The van der Waals surface area contributed by atoms with Crippen molar-refractivity contribution in [3.63, 3.8) is 0 Å². The predicted octanol–water partition coefficient (Wildman–Crippen LogP) is 2.74. The van der Waals surface area contributed by atoms with Crippen LogP contribution in [0.25, 0.3) is 11.4 Å². The Bertz CT molecular complexity index is 538. The molecule has 2 aromatic rings. The number of hydrogen-bond acceptors (Lipinski definition) is 5. The largest absolute Gasteiger partial charge is 0.337 e. The zero-order valence-corrected chi connectivity index (χ0v) is 11.6. The van der Waals surface area contributed by atoms with Crippen LogP contribution in [-0.4, -0.2) is 15.1 Å². The Labute approximate surface area is 113 Å². The molecule has 102 valence electrons. The highest BCUT2D eigenvalue weighted by atomic mass is 16.5. The van der Waals surface area contributed by atoms with E-state index in [1.807, 2.05) is 12.3 Å². The molecule has 2 atom stereocenters. The van der Waals surface area contributed by atoms with Crippen LogP contribution in [0.1, 0.15) is 44.7 Å². The Morgan fingerprint density at radius 3 is 2.84 bits per heavy atom. The van der Waals surface area contributed by atoms with E-state index in [1.165, 1.54) is 0 Å². The minimum absolute atomic E-state index is 0.210. The van der Waals surface area contributed by atoms with Crippen molar-refractivity contribution in [3.8, 4) is 11.4 Å². The number of aromatic nitrogens is 3. The summed E-state index contributed by atoms with van der Waals surface area (Å²) in [7, 11) is 0. The number of nitrogens with zero attached hydrogens (tertiary/aromatic N) is 3. The molecule has 2 unspecified atom stereocenters. The smallest absolute Gasteiger partial charge is 0.244 e. The molecule has 0 fully saturated rings. The highest BCUT2D eigenvalue weighted by molar-refractivity contribution is 5.58. The summed E-state index contributed by atoms with van der Waals surface area (Å²) in [4.78, 5) is 8.54. The molecule has 5 heteroatoms. The molecule has 0 aromatic carbocycles. The summed E-state index contributed by atoms with van der Waals surface area (Å²) >= 11 is 0. The van der Waals surface area contributed by atoms with Crippen molar-refractivity contribution >= 4 is 0 Å². The van der Waals surface area contributed by atoms with E-state index in [0.29, 0.717) is 17.6 Å². The molecule has 0 spiro atoms. The highest BCUT2D eigenvalue weighted by Gasteiger charge is 2.21. The van der Waals surface area contributed by atoms with Gasteiger partial charge in [0, 0.05) is 18.0 Å². The summed E-state index contributed by atoms with van der Waals surface area (Å²) in [6.45, 7) is 6.25. The van der Waals surface area contributed by atoms with E-state index >= 15 is 0 Å². The Balaban J connectivity index is 2.30. The molecule has 19 heavy (non-hydrogen) atoms. The first-order valence-electron chi connectivity index (χ1n) is 6.69. The molecule has 2 N–H and O–H groups in total. The lowest BCUT2D eigenvalue weighted by Gasteiger charge is -2.13. The number of pyridine rings is 1. The van der Waals surface area contributed by atoms with Gasteiger partial charge in [0.1, 0.15) is 0 Å². The molecule has 0 saturated carbocycles. The number of nitrogens with two attached hydrogens (primary N) is 1. The van der Waals surface area contributed by atoms with Crippen molar-refractivity contribution in [3.05, 3.63) is 29.9 Å². The molecule has 0 aliphatic carbocycles. The van der Waals surface area contributed by atoms with Gasteiger partial charge >= 0.3 is 0 Å². The van der Waals surface area contributed by atoms with E-state index in [4.69, 9.17) is 10.3 Å². The maximum atomic E-state index is 6.10. The predicted molar refractivity (Wildman–Crippen MR) is 73.3 cm³/mol. The molecule has 2 rings (SSSR count). The van der Waals surface area contributed by atoms with Crippen molar-refractivity contribution in [2.75, 3.05) is 0 Å². The maximum absolute atomic E-state index is 6.10. The number of aryl methyl sites for hydroxylation is 1. The Hall–Kier alpha value is -1.75. The third-order valence-corrected chi connectivity index (χ3v) is 3.51. The van der Waals surface area contributed by atoms with Gasteiger partial charge in [0.05, 0.1) is 6.04 Å². The normalized spacial score (nSPS) is 14.3. The second kappa shape index (κ2) is 5.93. The van der Waals surface area contributed by atoms with Gasteiger partial charge in [0.25, 0.3) is 0 Å². The van der Waals surface area contributed by atoms with Gasteiger partial charge in [-0.3, -0.25) is 4.98 Å². The molecule has 0 bridgehead atoms. The fourth-order valence-corrected chi connectivity index (χ4v) is 1.90. The molecular formula is C14H20N4O. The summed E-state index contributed by atoms with van der Waals surface area (Å²) in [5.41, 5.74) is 8.17. The zero-order valence-electron chi connectivity index (χ0n) is 11.6. The van der Waals surface area contributed by atoms with E-state index in [2.05, 4.69) is 35.9 Å². The summed E-state index contributed by atoms with van der Waals surface area (Å²) < 4.78 is 5.30. The van der Waals surface area contributed by atoms with Crippen LogP contribution in [-0.2, 0) is 6.42 Å². The summed E-state index contributed by atoms with van der Waals surface area (Å²) in [5.74, 6) is 1.41. The molecule has 2 aromatic heterocycles. The average molecular weight is 260 g/mol. The van der Waals surface area contributed by atoms with Gasteiger partial charge in [-0.05, 0) is 24.0 Å². The van der Waals surface area contributed by atoms with Crippen molar-refractivity contribution in [1.82, 2.24) is 15.1 Å². The van der Waals surface area contributed by atoms with Gasteiger partial charge in [-0.25, -0.2) is 0 Å². The summed E-state index contributed by atoms with van der Waals surface area (Å²) in [6.07, 6.45) is 5.43. The maximum Gasteiger partial charge on any atom is 0.244 e. The van der Waals surface area contributed by atoms with Crippen molar-refractivity contribution in [2.24, 2.45) is 11.7 Å². The molecule has 0 saturated heterocycles. The van der Waals surface area contributed by atoms with E-state index in [-0.39, 0.29) is 6.04 Å². The van der Waals surface area contributed by atoms with Crippen LogP contribution in [0.5, 0.6) is 0 Å². The first kappa shape index (κ1) is 13.7. The second-order valence-corrected chi connectivity index (χ2v) is 4.75. The quantitative estimate of drug-likeness (QED) is 0.894. The molecule has 0 aliphatic heterocycles. The fraction of sp³-hybridized carbons (Fsp3) is 0.500. The van der Waals surface area contributed by atoms with Gasteiger partial charge in [0.2, 0.25) is 11.7 Å². The van der Waals surface area contributed by atoms with Crippen molar-refractivity contribution in [1.29, 1.82) is 0 Å². The first-order chi connectivity index (χ1) is 9.17. The number of rotatable bonds is 5. The highest BCUT2D eigenvalue weighted by Crippen LogP contribution is 2.25. The van der Waals surface area contributed by atoms with Gasteiger partial charge in [-0.1, -0.05) is 32.3 Å².